The number of nitrogens with one attached hydrogen (secondary N) is 1. The SMILES string of the molecule is CC1=CNC[C@@H](C)[C@H]1/C=C/c1cc(B2OC3(C)CC3(C)O2)cc(-c2cccc(-c3cccnc3)c2)c1. The molecule has 0 radical (unpaired) electrons. The Labute approximate surface area is 214 Å². The maximum atomic E-state index is 6.41. The van der Waals surface area contributed by atoms with Crippen LogP contribution in [0.1, 0.15) is 39.7 Å². The van der Waals surface area contributed by atoms with Crippen LogP contribution in [0.25, 0.3) is 28.3 Å². The van der Waals surface area contributed by atoms with Crippen molar-refractivity contribution in [2.75, 3.05) is 6.54 Å². The van der Waals surface area contributed by atoms with Crippen molar-refractivity contribution in [2.24, 2.45) is 11.8 Å². The maximum Gasteiger partial charge on any atom is 0.494 e. The first-order valence-electron chi connectivity index (χ1n) is 12.9. The van der Waals surface area contributed by atoms with Crippen molar-refractivity contribution >= 4 is 18.7 Å². The van der Waals surface area contributed by atoms with Crippen LogP contribution in [0, 0.1) is 11.8 Å². The molecule has 0 spiro atoms. The van der Waals surface area contributed by atoms with E-state index in [0.717, 1.165) is 40.7 Å². The summed E-state index contributed by atoms with van der Waals surface area (Å²) in [5, 5.41) is 3.39. The van der Waals surface area contributed by atoms with Gasteiger partial charge >= 0.3 is 7.12 Å². The minimum atomic E-state index is -0.346. The van der Waals surface area contributed by atoms with Gasteiger partial charge in [-0.3, -0.25) is 4.98 Å². The standard InChI is InChI=1S/C31H33BN2O2/c1-21-17-34-18-22(2)29(21)11-10-23-13-27(16-28(14-23)32-35-30(3)20-31(30,4)36-32)25-8-5-7-24(15-25)26-9-6-12-33-19-26/h5-17,19,22,29,34H,18,20H2,1-4H3/b11-10+/t22-,29+,30?,31?/m1/s1. The van der Waals surface area contributed by atoms with E-state index in [2.05, 4.69) is 105 Å². The zero-order chi connectivity index (χ0) is 24.9. The Morgan fingerprint density at radius 3 is 2.44 bits per heavy atom. The largest absolute Gasteiger partial charge is 0.494 e. The fraction of sp³-hybridized carbons (Fsp3) is 0.323. The van der Waals surface area contributed by atoms with Crippen molar-refractivity contribution in [1.29, 1.82) is 0 Å². The van der Waals surface area contributed by atoms with E-state index in [1.165, 1.54) is 11.1 Å². The summed E-state index contributed by atoms with van der Waals surface area (Å²) >= 11 is 0. The molecule has 1 aromatic heterocycles. The van der Waals surface area contributed by atoms with Crippen LogP contribution in [0.15, 0.2) is 84.8 Å². The van der Waals surface area contributed by atoms with E-state index in [0.29, 0.717) is 11.8 Å². The third-order valence-corrected chi connectivity index (χ3v) is 8.25. The van der Waals surface area contributed by atoms with Gasteiger partial charge in [-0.25, -0.2) is 0 Å². The average Bonchev–Trinajstić information content (AvgIpc) is 3.31. The molecular weight excluding hydrogens is 443 g/mol. The maximum absolute atomic E-state index is 6.41. The molecule has 36 heavy (non-hydrogen) atoms. The van der Waals surface area contributed by atoms with Crippen molar-refractivity contribution in [1.82, 2.24) is 10.3 Å². The molecule has 0 amide bonds. The van der Waals surface area contributed by atoms with E-state index in [1.807, 2.05) is 18.5 Å². The third kappa shape index (κ3) is 4.21. The van der Waals surface area contributed by atoms with Crippen LogP contribution in [0.3, 0.4) is 0 Å². The summed E-state index contributed by atoms with van der Waals surface area (Å²) in [5.41, 5.74) is 7.82. The Morgan fingerprint density at radius 1 is 0.972 bits per heavy atom. The topological polar surface area (TPSA) is 43.4 Å². The number of hydrogen-bond acceptors (Lipinski definition) is 4. The highest BCUT2D eigenvalue weighted by Crippen LogP contribution is 2.58. The smallest absolute Gasteiger partial charge is 0.399 e. The van der Waals surface area contributed by atoms with Crippen LogP contribution in [0.5, 0.6) is 0 Å². The summed E-state index contributed by atoms with van der Waals surface area (Å²) in [6, 6.07) is 19.4. The second kappa shape index (κ2) is 8.76. The van der Waals surface area contributed by atoms with Gasteiger partial charge < -0.3 is 14.6 Å². The van der Waals surface area contributed by atoms with E-state index in [4.69, 9.17) is 9.31 Å². The molecule has 3 aliphatic rings. The van der Waals surface area contributed by atoms with Crippen molar-refractivity contribution in [3.63, 3.8) is 0 Å². The Balaban J connectivity index is 1.38. The number of rotatable bonds is 5. The van der Waals surface area contributed by atoms with Crippen LogP contribution in [0.4, 0.5) is 0 Å². The highest BCUT2D eigenvalue weighted by molar-refractivity contribution is 6.62. The fourth-order valence-electron chi connectivity index (χ4n) is 5.69. The molecule has 5 heteroatoms. The first-order chi connectivity index (χ1) is 17.3. The zero-order valence-electron chi connectivity index (χ0n) is 21.5. The molecule has 3 heterocycles. The number of benzene rings is 2. The molecule has 182 valence electrons. The Hall–Kier alpha value is -3.15. The molecule has 1 saturated heterocycles. The summed E-state index contributed by atoms with van der Waals surface area (Å²) in [6.07, 6.45) is 11.4. The molecule has 0 bridgehead atoms. The summed E-state index contributed by atoms with van der Waals surface area (Å²) in [6.45, 7) is 9.82. The molecule has 4 atom stereocenters. The molecule has 3 aromatic rings. The van der Waals surface area contributed by atoms with Crippen LogP contribution in [0.2, 0.25) is 0 Å². The molecule has 2 aliphatic heterocycles. The van der Waals surface area contributed by atoms with Gasteiger partial charge in [-0.15, -0.1) is 0 Å². The zero-order valence-corrected chi connectivity index (χ0v) is 21.5. The van der Waals surface area contributed by atoms with E-state index < -0.39 is 0 Å². The van der Waals surface area contributed by atoms with E-state index in [-0.39, 0.29) is 18.3 Å². The van der Waals surface area contributed by atoms with Gasteiger partial charge in [0, 0.05) is 36.8 Å². The molecule has 6 rings (SSSR count). The lowest BCUT2D eigenvalue weighted by atomic mass is 9.76. The van der Waals surface area contributed by atoms with Crippen molar-refractivity contribution in [2.45, 2.75) is 45.3 Å². The van der Waals surface area contributed by atoms with Gasteiger partial charge in [0.15, 0.2) is 0 Å². The van der Waals surface area contributed by atoms with Crippen LogP contribution in [-0.2, 0) is 9.31 Å². The summed E-state index contributed by atoms with van der Waals surface area (Å²) < 4.78 is 12.8. The van der Waals surface area contributed by atoms with E-state index in [9.17, 15) is 0 Å². The summed E-state index contributed by atoms with van der Waals surface area (Å²) in [5.74, 6) is 0.982. The van der Waals surface area contributed by atoms with Crippen LogP contribution in [-0.4, -0.2) is 29.8 Å². The molecule has 1 N–H and O–H groups in total. The lowest BCUT2D eigenvalue weighted by Crippen LogP contribution is -2.36. The predicted octanol–water partition coefficient (Wildman–Crippen LogP) is 5.85. The van der Waals surface area contributed by atoms with Crippen molar-refractivity contribution < 1.29 is 9.31 Å². The predicted molar refractivity (Wildman–Crippen MR) is 148 cm³/mol. The number of allylic oxidation sites excluding steroid dienone is 2. The summed E-state index contributed by atoms with van der Waals surface area (Å²) in [7, 11) is -0.346. The highest BCUT2D eigenvalue weighted by Gasteiger charge is 2.71. The minimum Gasteiger partial charge on any atom is -0.399 e. The third-order valence-electron chi connectivity index (χ3n) is 8.25. The highest BCUT2D eigenvalue weighted by atomic mass is 16.7. The number of hydrogen-bond donors (Lipinski definition) is 1. The summed E-state index contributed by atoms with van der Waals surface area (Å²) in [4.78, 5) is 4.30. The molecular formula is C31H33BN2O2. The number of aromatic nitrogens is 1. The van der Waals surface area contributed by atoms with E-state index >= 15 is 0 Å². The first kappa shape index (κ1) is 23.3. The van der Waals surface area contributed by atoms with Gasteiger partial charge in [-0.2, -0.15) is 0 Å². The molecule has 1 aliphatic carbocycles. The molecule has 2 fully saturated rings. The molecule has 2 unspecified atom stereocenters. The Kier molecular flexibility index (Phi) is 5.66. The van der Waals surface area contributed by atoms with Crippen LogP contribution < -0.4 is 10.8 Å². The van der Waals surface area contributed by atoms with Crippen molar-refractivity contribution in [3.8, 4) is 22.3 Å². The van der Waals surface area contributed by atoms with Gasteiger partial charge in [-0.1, -0.05) is 61.0 Å². The monoisotopic (exact) mass is 476 g/mol. The lowest BCUT2D eigenvalue weighted by Gasteiger charge is -2.27. The molecule has 2 aromatic carbocycles. The normalized spacial score (nSPS) is 29.1. The second-order valence-electron chi connectivity index (χ2n) is 11.1. The molecule has 1 saturated carbocycles. The van der Waals surface area contributed by atoms with Crippen molar-refractivity contribution in [3.05, 3.63) is 90.4 Å². The van der Waals surface area contributed by atoms with Gasteiger partial charge in [0.1, 0.15) is 0 Å². The average molecular weight is 476 g/mol. The second-order valence-corrected chi connectivity index (χ2v) is 11.1. The Morgan fingerprint density at radius 2 is 1.72 bits per heavy atom. The van der Waals surface area contributed by atoms with Gasteiger partial charge in [-0.05, 0) is 78.8 Å². The lowest BCUT2D eigenvalue weighted by molar-refractivity contribution is 0.187. The quantitative estimate of drug-likeness (QED) is 0.469. The minimum absolute atomic E-state index is 0.184. The first-order valence-corrected chi connectivity index (χ1v) is 12.9. The van der Waals surface area contributed by atoms with Gasteiger partial charge in [0.25, 0.3) is 0 Å². The van der Waals surface area contributed by atoms with Gasteiger partial charge in [0.2, 0.25) is 0 Å². The number of fused-ring (bicyclic) bond motifs is 1. The fourth-order valence-corrected chi connectivity index (χ4v) is 5.69. The van der Waals surface area contributed by atoms with E-state index in [1.54, 1.807) is 0 Å². The van der Waals surface area contributed by atoms with Crippen LogP contribution >= 0.6 is 0 Å². The Bertz CT molecular complexity index is 1340. The number of nitrogens with zero attached hydrogens (tertiary/aromatic N) is 1. The molecule has 4 nitrogen and oxygen atoms in total. The number of pyridine rings is 1. The van der Waals surface area contributed by atoms with Gasteiger partial charge in [0.05, 0.1) is 11.2 Å².